The Morgan fingerprint density at radius 2 is 1.53 bits per heavy atom. The van der Waals surface area contributed by atoms with Crippen molar-refractivity contribution >= 4 is 54.5 Å². The predicted octanol–water partition coefficient (Wildman–Crippen LogP) is 4.90. The summed E-state index contributed by atoms with van der Waals surface area (Å²) in [6, 6.07) is 13.6. The van der Waals surface area contributed by atoms with Crippen LogP contribution in [0.3, 0.4) is 0 Å². The van der Waals surface area contributed by atoms with Crippen molar-refractivity contribution in [3.63, 3.8) is 0 Å². The normalized spacial score (nSPS) is 12.5. The zero-order chi connectivity index (χ0) is 12.4. The highest BCUT2D eigenvalue weighted by molar-refractivity contribution is 14.1. The Morgan fingerprint density at radius 3 is 2.18 bits per heavy atom. The van der Waals surface area contributed by atoms with E-state index in [0.717, 1.165) is 23.6 Å². The molecule has 0 heterocycles. The third kappa shape index (κ3) is 3.30. The summed E-state index contributed by atoms with van der Waals surface area (Å²) in [6.07, 6.45) is -0.590. The fraction of sp³-hybridized carbons (Fsp3) is 0.0769. The molecule has 17 heavy (non-hydrogen) atoms. The number of hydrogen-bond donors (Lipinski definition) is 1. The molecule has 0 saturated heterocycles. The summed E-state index contributed by atoms with van der Waals surface area (Å²) in [5, 5.41) is 10.3. The first-order chi connectivity index (χ1) is 8.08. The van der Waals surface area contributed by atoms with Crippen molar-refractivity contribution in [1.29, 1.82) is 0 Å². The molecule has 1 N–H and O–H groups in total. The van der Waals surface area contributed by atoms with Crippen LogP contribution in [0.4, 0.5) is 0 Å². The molecule has 0 aliphatic rings. The van der Waals surface area contributed by atoms with Gasteiger partial charge in [0.05, 0.1) is 0 Å². The zero-order valence-corrected chi connectivity index (χ0v) is 14.0. The van der Waals surface area contributed by atoms with Gasteiger partial charge in [-0.05, 0) is 64.0 Å². The van der Waals surface area contributed by atoms with Crippen molar-refractivity contribution < 1.29 is 5.11 Å². The van der Waals surface area contributed by atoms with Crippen molar-refractivity contribution in [2.24, 2.45) is 0 Å². The first kappa shape index (κ1) is 13.5. The second-order valence-electron chi connectivity index (χ2n) is 3.62. The van der Waals surface area contributed by atoms with Gasteiger partial charge >= 0.3 is 0 Å². The fourth-order valence-electron chi connectivity index (χ4n) is 1.55. The largest absolute Gasteiger partial charge is 0.384 e. The average Bonchev–Trinajstić information content (AvgIpc) is 2.32. The van der Waals surface area contributed by atoms with Crippen LogP contribution in [0.25, 0.3) is 0 Å². The number of benzene rings is 2. The smallest absolute Gasteiger partial charge is 0.105 e. The van der Waals surface area contributed by atoms with E-state index in [1.54, 1.807) is 0 Å². The minimum absolute atomic E-state index is 0.590. The van der Waals surface area contributed by atoms with Crippen molar-refractivity contribution in [2.45, 2.75) is 6.10 Å². The van der Waals surface area contributed by atoms with Crippen molar-refractivity contribution in [1.82, 2.24) is 0 Å². The van der Waals surface area contributed by atoms with E-state index in [9.17, 15) is 5.11 Å². The second-order valence-corrected chi connectivity index (χ2v) is 6.61. The van der Waals surface area contributed by atoms with E-state index in [0.29, 0.717) is 0 Å². The molecule has 0 bridgehead atoms. The van der Waals surface area contributed by atoms with Gasteiger partial charge in [0.1, 0.15) is 6.10 Å². The van der Waals surface area contributed by atoms with E-state index >= 15 is 0 Å². The summed E-state index contributed by atoms with van der Waals surface area (Å²) in [6.45, 7) is 0. The first-order valence-corrected chi connectivity index (χ1v) is 7.63. The predicted molar refractivity (Wildman–Crippen MR) is 85.1 cm³/mol. The molecule has 4 heteroatoms. The van der Waals surface area contributed by atoms with Crippen LogP contribution in [0.1, 0.15) is 17.2 Å². The Morgan fingerprint density at radius 1 is 0.941 bits per heavy atom. The minimum Gasteiger partial charge on any atom is -0.384 e. The van der Waals surface area contributed by atoms with Gasteiger partial charge in [-0.15, -0.1) is 0 Å². The van der Waals surface area contributed by atoms with Gasteiger partial charge in [0, 0.05) is 12.5 Å². The lowest BCUT2D eigenvalue weighted by Crippen LogP contribution is -2.01. The second kappa shape index (κ2) is 5.82. The van der Waals surface area contributed by atoms with Gasteiger partial charge in [0.2, 0.25) is 0 Å². The van der Waals surface area contributed by atoms with Gasteiger partial charge < -0.3 is 5.11 Å². The van der Waals surface area contributed by atoms with Gasteiger partial charge in [-0.3, -0.25) is 0 Å². The van der Waals surface area contributed by atoms with E-state index in [2.05, 4.69) is 54.5 Å². The lowest BCUT2D eigenvalue weighted by molar-refractivity contribution is 0.219. The molecule has 2 aromatic carbocycles. The molecule has 0 spiro atoms. The molecule has 0 aliphatic carbocycles. The standard InChI is InChI=1S/C13H9Br2IO/c14-9-3-1-8(2-4-9)13(17)11-7-10(15)5-6-12(11)16/h1-7,13,17H. The van der Waals surface area contributed by atoms with Gasteiger partial charge in [-0.1, -0.05) is 44.0 Å². The molecule has 0 aliphatic heterocycles. The van der Waals surface area contributed by atoms with Gasteiger partial charge in [0.15, 0.2) is 0 Å². The Bertz CT molecular complexity index is 525. The number of rotatable bonds is 2. The molecule has 0 amide bonds. The summed E-state index contributed by atoms with van der Waals surface area (Å²) in [5.74, 6) is 0. The van der Waals surface area contributed by atoms with E-state index in [1.807, 2.05) is 42.5 Å². The third-order valence-electron chi connectivity index (χ3n) is 2.44. The number of aliphatic hydroxyl groups excluding tert-OH is 1. The van der Waals surface area contributed by atoms with Gasteiger partial charge in [-0.2, -0.15) is 0 Å². The maximum atomic E-state index is 10.3. The topological polar surface area (TPSA) is 20.2 Å². The molecule has 2 rings (SSSR count). The number of aliphatic hydroxyl groups is 1. The molecule has 1 unspecified atom stereocenters. The van der Waals surface area contributed by atoms with Crippen molar-refractivity contribution in [2.75, 3.05) is 0 Å². The van der Waals surface area contributed by atoms with E-state index < -0.39 is 6.10 Å². The van der Waals surface area contributed by atoms with Crippen LogP contribution in [0.5, 0.6) is 0 Å². The highest BCUT2D eigenvalue weighted by atomic mass is 127. The Kier molecular flexibility index (Phi) is 4.63. The molecular formula is C13H9Br2IO. The van der Waals surface area contributed by atoms with Crippen molar-refractivity contribution in [3.05, 3.63) is 66.1 Å². The summed E-state index contributed by atoms with van der Waals surface area (Å²) < 4.78 is 3.04. The molecule has 1 atom stereocenters. The van der Waals surface area contributed by atoms with Crippen LogP contribution in [-0.4, -0.2) is 5.11 Å². The fourth-order valence-corrected chi connectivity index (χ4v) is 2.82. The SMILES string of the molecule is OC(c1ccc(Br)cc1)c1cc(Br)ccc1I. The van der Waals surface area contributed by atoms with Crippen LogP contribution >= 0.6 is 54.5 Å². The molecule has 0 aromatic heterocycles. The molecular weight excluding hydrogens is 459 g/mol. The first-order valence-electron chi connectivity index (χ1n) is 4.96. The summed E-state index contributed by atoms with van der Waals surface area (Å²) in [7, 11) is 0. The third-order valence-corrected chi connectivity index (χ3v) is 4.44. The maximum Gasteiger partial charge on any atom is 0.105 e. The number of halogens is 3. The molecule has 0 radical (unpaired) electrons. The van der Waals surface area contributed by atoms with Gasteiger partial charge in [-0.25, -0.2) is 0 Å². The zero-order valence-electron chi connectivity index (χ0n) is 8.70. The van der Waals surface area contributed by atoms with E-state index in [1.165, 1.54) is 0 Å². The minimum atomic E-state index is -0.590. The lowest BCUT2D eigenvalue weighted by Gasteiger charge is -2.14. The highest BCUT2D eigenvalue weighted by Gasteiger charge is 2.13. The van der Waals surface area contributed by atoms with Crippen LogP contribution in [-0.2, 0) is 0 Å². The molecule has 1 nitrogen and oxygen atoms in total. The summed E-state index contributed by atoms with van der Waals surface area (Å²) >= 11 is 9.05. The monoisotopic (exact) mass is 466 g/mol. The lowest BCUT2D eigenvalue weighted by atomic mass is 10.0. The maximum absolute atomic E-state index is 10.3. The molecule has 88 valence electrons. The van der Waals surface area contributed by atoms with Crippen LogP contribution < -0.4 is 0 Å². The Hall–Kier alpha value is 0.0900. The highest BCUT2D eigenvalue weighted by Crippen LogP contribution is 2.29. The van der Waals surface area contributed by atoms with E-state index in [-0.39, 0.29) is 0 Å². The molecule has 2 aromatic rings. The van der Waals surface area contributed by atoms with Crippen LogP contribution in [0.15, 0.2) is 51.4 Å². The number of hydrogen-bond acceptors (Lipinski definition) is 1. The molecule has 0 fully saturated rings. The van der Waals surface area contributed by atoms with Gasteiger partial charge in [0.25, 0.3) is 0 Å². The van der Waals surface area contributed by atoms with E-state index in [4.69, 9.17) is 0 Å². The van der Waals surface area contributed by atoms with Crippen LogP contribution in [0.2, 0.25) is 0 Å². The average molecular weight is 468 g/mol. The quantitative estimate of drug-likeness (QED) is 0.623. The van der Waals surface area contributed by atoms with Crippen LogP contribution in [0, 0.1) is 3.57 Å². The summed E-state index contributed by atoms with van der Waals surface area (Å²) in [4.78, 5) is 0. The van der Waals surface area contributed by atoms with Crippen molar-refractivity contribution in [3.8, 4) is 0 Å². The molecule has 0 saturated carbocycles. The Labute approximate surface area is 131 Å². The summed E-state index contributed by atoms with van der Waals surface area (Å²) in [5.41, 5.74) is 1.81. The Balaban J connectivity index is 2.39.